The van der Waals surface area contributed by atoms with E-state index in [1.165, 1.54) is 0 Å². The van der Waals surface area contributed by atoms with Crippen LogP contribution in [-0.4, -0.2) is 29.2 Å². The second-order valence-corrected chi connectivity index (χ2v) is 10.5. The third-order valence-corrected chi connectivity index (χ3v) is 5.48. The van der Waals surface area contributed by atoms with E-state index in [2.05, 4.69) is 55.4 Å². The highest BCUT2D eigenvalue weighted by molar-refractivity contribution is 5.74. The van der Waals surface area contributed by atoms with Crippen molar-refractivity contribution in [2.24, 2.45) is 22.2 Å². The van der Waals surface area contributed by atoms with Crippen LogP contribution in [0.25, 0.3) is 0 Å². The van der Waals surface area contributed by atoms with Crippen LogP contribution in [0.4, 0.5) is 0 Å². The van der Waals surface area contributed by atoms with E-state index in [-0.39, 0.29) is 33.6 Å². The number of amides is 1. The summed E-state index contributed by atoms with van der Waals surface area (Å²) in [6.45, 7) is 20.1. The molecule has 0 aromatic heterocycles. The van der Waals surface area contributed by atoms with Crippen LogP contribution in [0.15, 0.2) is 0 Å². The van der Waals surface area contributed by atoms with Gasteiger partial charge in [0, 0.05) is 24.9 Å². The maximum Gasteiger partial charge on any atom is 0.219 e. The Kier molecular flexibility index (Phi) is 5.46. The van der Waals surface area contributed by atoms with Crippen molar-refractivity contribution < 1.29 is 9.59 Å². The summed E-state index contributed by atoms with van der Waals surface area (Å²) in [7, 11) is 0. The molecule has 0 spiro atoms. The number of aldehydes is 1. The van der Waals surface area contributed by atoms with Crippen LogP contribution in [0, 0.1) is 22.2 Å². The molecule has 134 valence electrons. The molecule has 1 atom stereocenters. The molecule has 3 heteroatoms. The van der Waals surface area contributed by atoms with Gasteiger partial charge in [0.2, 0.25) is 5.91 Å². The van der Waals surface area contributed by atoms with Gasteiger partial charge in [-0.2, -0.15) is 0 Å². The molecule has 1 rings (SSSR count). The predicted octanol–water partition coefficient (Wildman–Crippen LogP) is 4.69. The van der Waals surface area contributed by atoms with Gasteiger partial charge in [0.25, 0.3) is 0 Å². The fourth-order valence-electron chi connectivity index (χ4n) is 5.05. The van der Waals surface area contributed by atoms with Crippen molar-refractivity contribution in [3.05, 3.63) is 0 Å². The minimum atomic E-state index is -0.255. The molecule has 23 heavy (non-hydrogen) atoms. The second kappa shape index (κ2) is 6.22. The summed E-state index contributed by atoms with van der Waals surface area (Å²) in [6.07, 6.45) is 3.88. The summed E-state index contributed by atoms with van der Waals surface area (Å²) >= 11 is 0. The van der Waals surface area contributed by atoms with E-state index in [1.807, 2.05) is 4.90 Å². The lowest BCUT2D eigenvalue weighted by molar-refractivity contribution is -0.139. The monoisotopic (exact) mass is 323 g/mol. The van der Waals surface area contributed by atoms with E-state index in [4.69, 9.17) is 0 Å². The highest BCUT2D eigenvalue weighted by Crippen LogP contribution is 2.47. The Morgan fingerprint density at radius 3 is 1.91 bits per heavy atom. The van der Waals surface area contributed by atoms with Gasteiger partial charge in [-0.1, -0.05) is 41.5 Å². The summed E-state index contributed by atoms with van der Waals surface area (Å²) in [5, 5.41) is 0. The van der Waals surface area contributed by atoms with Crippen LogP contribution < -0.4 is 0 Å². The van der Waals surface area contributed by atoms with E-state index in [1.54, 1.807) is 6.92 Å². The zero-order chi connectivity index (χ0) is 18.3. The first-order chi connectivity index (χ1) is 10.1. The quantitative estimate of drug-likeness (QED) is 0.656. The minimum absolute atomic E-state index is 0.0134. The standard InChI is InChI=1S/C20H37NO2/c1-15(23)21-14-18(4,5)12-17(2,3)10-16(11-22)19(6,7)13-20(21,8)9/h11,16H,10,12-14H2,1-9H3. The average molecular weight is 324 g/mol. The Labute approximate surface area is 143 Å². The molecule has 0 aromatic carbocycles. The molecule has 0 radical (unpaired) electrons. The number of carbonyl (C=O) groups is 2. The lowest BCUT2D eigenvalue weighted by Crippen LogP contribution is -2.54. The van der Waals surface area contributed by atoms with Gasteiger partial charge in [-0.25, -0.2) is 0 Å². The van der Waals surface area contributed by atoms with Crippen LogP contribution in [0.2, 0.25) is 0 Å². The summed E-state index contributed by atoms with van der Waals surface area (Å²) in [5.41, 5.74) is -0.273. The van der Waals surface area contributed by atoms with E-state index < -0.39 is 0 Å². The first kappa shape index (κ1) is 20.2. The maximum absolute atomic E-state index is 12.3. The number of nitrogens with zero attached hydrogens (tertiary/aromatic N) is 1. The highest BCUT2D eigenvalue weighted by atomic mass is 16.2. The lowest BCUT2D eigenvalue weighted by Gasteiger charge is -2.51. The molecule has 0 aliphatic carbocycles. The van der Waals surface area contributed by atoms with Gasteiger partial charge >= 0.3 is 0 Å². The van der Waals surface area contributed by atoms with Crippen LogP contribution in [0.1, 0.15) is 81.6 Å². The molecule has 1 aliphatic heterocycles. The normalized spacial score (nSPS) is 29.6. The second-order valence-electron chi connectivity index (χ2n) is 10.5. The fourth-order valence-corrected chi connectivity index (χ4v) is 5.05. The SMILES string of the molecule is CC(=O)N1CC(C)(C)CC(C)(C)CC(C=O)C(C)(C)CC1(C)C. The largest absolute Gasteiger partial charge is 0.337 e. The van der Waals surface area contributed by atoms with Gasteiger partial charge in [-0.05, 0) is 49.4 Å². The van der Waals surface area contributed by atoms with Crippen molar-refractivity contribution in [2.75, 3.05) is 6.54 Å². The molecule has 0 saturated carbocycles. The third-order valence-electron chi connectivity index (χ3n) is 5.48. The molecule has 1 fully saturated rings. The topological polar surface area (TPSA) is 37.4 Å². The Balaban J connectivity index is 3.37. The van der Waals surface area contributed by atoms with Gasteiger partial charge in [-0.3, -0.25) is 4.79 Å². The average Bonchev–Trinajstić information content (AvgIpc) is 2.28. The van der Waals surface area contributed by atoms with Crippen molar-refractivity contribution in [1.82, 2.24) is 4.90 Å². The number of carbonyl (C=O) groups excluding carboxylic acids is 2. The molecule has 0 N–H and O–H groups in total. The molecule has 3 nitrogen and oxygen atoms in total. The Hall–Kier alpha value is -0.860. The Bertz CT molecular complexity index is 460. The minimum Gasteiger partial charge on any atom is -0.337 e. The van der Waals surface area contributed by atoms with Crippen LogP contribution in [0.3, 0.4) is 0 Å². The summed E-state index contributed by atoms with van der Waals surface area (Å²) in [4.78, 5) is 26.2. The van der Waals surface area contributed by atoms with Crippen molar-refractivity contribution in [3.8, 4) is 0 Å². The van der Waals surface area contributed by atoms with Crippen molar-refractivity contribution in [2.45, 2.75) is 87.1 Å². The highest BCUT2D eigenvalue weighted by Gasteiger charge is 2.45. The molecule has 1 amide bonds. The van der Waals surface area contributed by atoms with E-state index in [0.29, 0.717) is 0 Å². The summed E-state index contributed by atoms with van der Waals surface area (Å²) in [5.74, 6) is 0.138. The first-order valence-electron chi connectivity index (χ1n) is 8.85. The molecule has 1 saturated heterocycles. The zero-order valence-corrected chi connectivity index (χ0v) is 16.7. The predicted molar refractivity (Wildman–Crippen MR) is 96.2 cm³/mol. The van der Waals surface area contributed by atoms with Gasteiger partial charge in [0.05, 0.1) is 0 Å². The van der Waals surface area contributed by atoms with Crippen molar-refractivity contribution >= 4 is 12.2 Å². The summed E-state index contributed by atoms with van der Waals surface area (Å²) in [6, 6.07) is 0. The number of hydrogen-bond donors (Lipinski definition) is 0. The van der Waals surface area contributed by atoms with Crippen molar-refractivity contribution in [1.29, 1.82) is 0 Å². The zero-order valence-electron chi connectivity index (χ0n) is 16.7. The lowest BCUT2D eigenvalue weighted by atomic mass is 9.62. The van der Waals surface area contributed by atoms with Gasteiger partial charge in [-0.15, -0.1) is 0 Å². The van der Waals surface area contributed by atoms with Crippen LogP contribution >= 0.6 is 0 Å². The van der Waals surface area contributed by atoms with E-state index in [0.717, 1.165) is 32.1 Å². The maximum atomic E-state index is 12.3. The van der Waals surface area contributed by atoms with Crippen LogP contribution in [-0.2, 0) is 9.59 Å². The molecule has 1 unspecified atom stereocenters. The van der Waals surface area contributed by atoms with Gasteiger partial charge in [0.15, 0.2) is 0 Å². The van der Waals surface area contributed by atoms with Gasteiger partial charge < -0.3 is 9.69 Å². The molecule has 0 aromatic rings. The fraction of sp³-hybridized carbons (Fsp3) is 0.900. The smallest absolute Gasteiger partial charge is 0.219 e. The Morgan fingerprint density at radius 1 is 0.957 bits per heavy atom. The molecule has 1 aliphatic rings. The molecular weight excluding hydrogens is 286 g/mol. The van der Waals surface area contributed by atoms with Gasteiger partial charge in [0.1, 0.15) is 6.29 Å². The number of rotatable bonds is 1. The van der Waals surface area contributed by atoms with Crippen molar-refractivity contribution in [3.63, 3.8) is 0 Å². The molecule has 0 bridgehead atoms. The van der Waals surface area contributed by atoms with E-state index in [9.17, 15) is 9.59 Å². The first-order valence-corrected chi connectivity index (χ1v) is 8.85. The van der Waals surface area contributed by atoms with E-state index >= 15 is 0 Å². The molecular formula is C20H37NO2. The molecule has 1 heterocycles. The van der Waals surface area contributed by atoms with Crippen LogP contribution in [0.5, 0.6) is 0 Å². The number of hydrogen-bond acceptors (Lipinski definition) is 2. The Morgan fingerprint density at radius 2 is 1.48 bits per heavy atom. The summed E-state index contributed by atoms with van der Waals surface area (Å²) < 4.78 is 0. The third kappa shape index (κ3) is 5.06.